The summed E-state index contributed by atoms with van der Waals surface area (Å²) in [4.78, 5) is 14.4. The lowest BCUT2D eigenvalue weighted by Gasteiger charge is -2.12. The van der Waals surface area contributed by atoms with Gasteiger partial charge in [0.2, 0.25) is 0 Å². The number of thioether (sulfide) groups is 1. The Morgan fingerprint density at radius 3 is 2.57 bits per heavy atom. The van der Waals surface area contributed by atoms with E-state index in [9.17, 15) is 13.6 Å². The third-order valence-electron chi connectivity index (χ3n) is 4.07. The van der Waals surface area contributed by atoms with Crippen molar-refractivity contribution in [2.24, 2.45) is 0 Å². The highest BCUT2D eigenvalue weighted by molar-refractivity contribution is 8.26. The summed E-state index contributed by atoms with van der Waals surface area (Å²) >= 11 is 6.47. The minimum absolute atomic E-state index is 0.0172. The fourth-order valence-electron chi connectivity index (χ4n) is 2.67. The van der Waals surface area contributed by atoms with Crippen LogP contribution in [0.4, 0.5) is 8.78 Å². The van der Waals surface area contributed by atoms with E-state index in [4.69, 9.17) is 21.7 Å². The van der Waals surface area contributed by atoms with Crippen LogP contribution in [0.2, 0.25) is 0 Å². The Morgan fingerprint density at radius 1 is 1.18 bits per heavy atom. The summed E-state index contributed by atoms with van der Waals surface area (Å²) in [6.07, 6.45) is 1.75. The van der Waals surface area contributed by atoms with Crippen LogP contribution in [0.3, 0.4) is 0 Å². The zero-order valence-electron chi connectivity index (χ0n) is 15.2. The largest absolute Gasteiger partial charge is 0.496 e. The van der Waals surface area contributed by atoms with E-state index in [1.807, 2.05) is 6.92 Å². The molecule has 1 amide bonds. The number of likely N-dealkylation sites (N-methyl/N-ethyl adjacent to an activating group) is 1. The van der Waals surface area contributed by atoms with Crippen LogP contribution in [0.25, 0.3) is 6.08 Å². The van der Waals surface area contributed by atoms with Crippen molar-refractivity contribution in [2.75, 3.05) is 13.7 Å². The molecule has 4 nitrogen and oxygen atoms in total. The van der Waals surface area contributed by atoms with Crippen molar-refractivity contribution in [2.45, 2.75) is 13.5 Å². The molecule has 0 saturated carbocycles. The van der Waals surface area contributed by atoms with E-state index in [2.05, 4.69) is 0 Å². The van der Waals surface area contributed by atoms with Crippen LogP contribution in [0, 0.1) is 11.6 Å². The quantitative estimate of drug-likeness (QED) is 0.496. The van der Waals surface area contributed by atoms with Gasteiger partial charge in [0, 0.05) is 18.2 Å². The maximum atomic E-state index is 13.8. The first-order valence-corrected chi connectivity index (χ1v) is 9.65. The van der Waals surface area contributed by atoms with Gasteiger partial charge in [-0.05, 0) is 42.8 Å². The Morgan fingerprint density at radius 2 is 1.93 bits per heavy atom. The lowest BCUT2D eigenvalue weighted by Crippen LogP contribution is -2.27. The third kappa shape index (κ3) is 4.34. The van der Waals surface area contributed by atoms with Crippen LogP contribution in [0.1, 0.15) is 18.1 Å². The molecule has 0 spiro atoms. The third-order valence-corrected chi connectivity index (χ3v) is 5.45. The van der Waals surface area contributed by atoms with Gasteiger partial charge in [-0.3, -0.25) is 9.69 Å². The number of methoxy groups -OCH3 is 1. The van der Waals surface area contributed by atoms with Crippen molar-refractivity contribution < 1.29 is 23.0 Å². The smallest absolute Gasteiger partial charge is 0.266 e. The van der Waals surface area contributed by atoms with Crippen LogP contribution < -0.4 is 9.47 Å². The Labute approximate surface area is 171 Å². The number of hydrogen-bond acceptors (Lipinski definition) is 5. The highest BCUT2D eigenvalue weighted by Gasteiger charge is 2.30. The van der Waals surface area contributed by atoms with E-state index in [0.29, 0.717) is 27.1 Å². The molecule has 3 rings (SSSR count). The molecule has 0 N–H and O–H groups in total. The molecule has 146 valence electrons. The second kappa shape index (κ2) is 8.70. The number of thiocarbonyl (C=S) groups is 1. The Kier molecular flexibility index (Phi) is 6.31. The second-order valence-corrected chi connectivity index (χ2v) is 7.54. The number of carbonyl (C=O) groups excluding carboxylic acids is 1. The molecular weight excluding hydrogens is 404 g/mol. The van der Waals surface area contributed by atoms with Crippen molar-refractivity contribution in [1.29, 1.82) is 0 Å². The van der Waals surface area contributed by atoms with Crippen LogP contribution in [-0.4, -0.2) is 28.8 Å². The number of nitrogens with zero attached hydrogens (tertiary/aromatic N) is 1. The first-order valence-electron chi connectivity index (χ1n) is 8.43. The van der Waals surface area contributed by atoms with Gasteiger partial charge in [-0.1, -0.05) is 30.0 Å². The van der Waals surface area contributed by atoms with Gasteiger partial charge in [0.1, 0.15) is 22.5 Å². The summed E-state index contributed by atoms with van der Waals surface area (Å²) in [6, 6.07) is 8.46. The first-order chi connectivity index (χ1) is 13.4. The molecule has 0 aliphatic carbocycles. The molecule has 1 aliphatic heterocycles. The molecule has 0 unspecified atom stereocenters. The predicted octanol–water partition coefficient (Wildman–Crippen LogP) is 4.77. The Balaban J connectivity index is 1.83. The van der Waals surface area contributed by atoms with E-state index in [1.165, 1.54) is 29.8 Å². The summed E-state index contributed by atoms with van der Waals surface area (Å²) in [7, 11) is 1.52. The van der Waals surface area contributed by atoms with Gasteiger partial charge in [0.05, 0.1) is 12.0 Å². The lowest BCUT2D eigenvalue weighted by molar-refractivity contribution is -0.121. The minimum Gasteiger partial charge on any atom is -0.496 e. The number of hydrogen-bond donors (Lipinski definition) is 0. The molecule has 1 aliphatic rings. The van der Waals surface area contributed by atoms with E-state index in [0.717, 1.165) is 17.7 Å². The normalized spacial score (nSPS) is 15.4. The standard InChI is InChI=1S/C20H17F2NO3S2/c1-3-23-19(24)18(28-20(23)27)9-12-4-6-16(25-2)13(8-12)11-26-17-7-5-14(21)10-15(17)22/h4-10H,3,11H2,1-2H3/b18-9-. The second-order valence-electron chi connectivity index (χ2n) is 5.86. The van der Waals surface area contributed by atoms with Crippen molar-refractivity contribution in [1.82, 2.24) is 4.90 Å². The van der Waals surface area contributed by atoms with Crippen LogP contribution in [-0.2, 0) is 11.4 Å². The van der Waals surface area contributed by atoms with E-state index >= 15 is 0 Å². The maximum Gasteiger partial charge on any atom is 0.266 e. The number of ether oxygens (including phenoxy) is 2. The molecule has 2 aromatic rings. The van der Waals surface area contributed by atoms with Gasteiger partial charge in [-0.25, -0.2) is 8.78 Å². The lowest BCUT2D eigenvalue weighted by atomic mass is 10.1. The average Bonchev–Trinajstić information content (AvgIpc) is 2.93. The SMILES string of the molecule is CCN1C(=O)/C(=C/c2ccc(OC)c(COc3ccc(F)cc3F)c2)SC1=S. The molecular formula is C20H17F2NO3S2. The minimum atomic E-state index is -0.779. The summed E-state index contributed by atoms with van der Waals surface area (Å²) in [6.45, 7) is 2.40. The average molecular weight is 421 g/mol. The predicted molar refractivity (Wildman–Crippen MR) is 109 cm³/mol. The monoisotopic (exact) mass is 421 g/mol. The van der Waals surface area contributed by atoms with Crippen molar-refractivity contribution in [3.05, 3.63) is 64.1 Å². The molecule has 1 fully saturated rings. The molecule has 1 heterocycles. The van der Waals surface area contributed by atoms with Gasteiger partial charge in [0.15, 0.2) is 11.6 Å². The summed E-state index contributed by atoms with van der Waals surface area (Å²) < 4.78 is 38.1. The summed E-state index contributed by atoms with van der Waals surface area (Å²) in [5.41, 5.74) is 1.42. The highest BCUT2D eigenvalue weighted by Crippen LogP contribution is 2.33. The molecule has 0 radical (unpaired) electrons. The fourth-order valence-corrected chi connectivity index (χ4v) is 4.06. The number of carbonyl (C=O) groups is 1. The Hall–Kier alpha value is -2.45. The molecule has 2 aromatic carbocycles. The first kappa shape index (κ1) is 20.3. The van der Waals surface area contributed by atoms with Crippen LogP contribution in [0.15, 0.2) is 41.3 Å². The Bertz CT molecular complexity index is 962. The van der Waals surface area contributed by atoms with E-state index in [1.54, 1.807) is 24.3 Å². The molecule has 0 atom stereocenters. The highest BCUT2D eigenvalue weighted by atomic mass is 32.2. The van der Waals surface area contributed by atoms with Crippen molar-refractivity contribution in [3.8, 4) is 11.5 Å². The topological polar surface area (TPSA) is 38.8 Å². The van der Waals surface area contributed by atoms with Gasteiger partial charge in [0.25, 0.3) is 5.91 Å². The maximum absolute atomic E-state index is 13.8. The van der Waals surface area contributed by atoms with Gasteiger partial charge < -0.3 is 9.47 Å². The number of rotatable bonds is 6. The molecule has 1 saturated heterocycles. The van der Waals surface area contributed by atoms with Crippen LogP contribution >= 0.6 is 24.0 Å². The molecule has 0 aromatic heterocycles. The van der Waals surface area contributed by atoms with Crippen molar-refractivity contribution in [3.63, 3.8) is 0 Å². The van der Waals surface area contributed by atoms with E-state index < -0.39 is 11.6 Å². The van der Waals surface area contributed by atoms with Gasteiger partial charge in [-0.15, -0.1) is 0 Å². The number of halogens is 2. The summed E-state index contributed by atoms with van der Waals surface area (Å²) in [5.74, 6) is -1.08. The zero-order valence-corrected chi connectivity index (χ0v) is 16.8. The van der Waals surface area contributed by atoms with Crippen molar-refractivity contribution >= 4 is 40.3 Å². The van der Waals surface area contributed by atoms with Gasteiger partial charge in [-0.2, -0.15) is 0 Å². The summed E-state index contributed by atoms with van der Waals surface area (Å²) in [5, 5.41) is 0. The molecule has 0 bridgehead atoms. The molecule has 8 heteroatoms. The zero-order chi connectivity index (χ0) is 20.3. The number of amides is 1. The fraction of sp³-hybridized carbons (Fsp3) is 0.200. The van der Waals surface area contributed by atoms with E-state index in [-0.39, 0.29) is 18.3 Å². The van der Waals surface area contributed by atoms with Crippen LogP contribution in [0.5, 0.6) is 11.5 Å². The van der Waals surface area contributed by atoms with Gasteiger partial charge >= 0.3 is 0 Å². The molecule has 28 heavy (non-hydrogen) atoms. The number of benzene rings is 2.